The van der Waals surface area contributed by atoms with Crippen molar-refractivity contribution in [2.75, 3.05) is 29.9 Å². The van der Waals surface area contributed by atoms with Crippen molar-refractivity contribution in [3.63, 3.8) is 0 Å². The van der Waals surface area contributed by atoms with Gasteiger partial charge in [0.2, 0.25) is 21.8 Å². The van der Waals surface area contributed by atoms with Crippen LogP contribution in [0.5, 0.6) is 0 Å². The minimum Gasteiger partial charge on any atom is -0.324 e. The molecule has 35 heavy (non-hydrogen) atoms. The summed E-state index contributed by atoms with van der Waals surface area (Å²) in [7, 11) is -3.67. The molecular weight excluding hydrogens is 482 g/mol. The molecule has 2 aliphatic rings. The van der Waals surface area contributed by atoms with E-state index in [2.05, 4.69) is 5.32 Å². The third-order valence-electron chi connectivity index (χ3n) is 6.51. The van der Waals surface area contributed by atoms with Gasteiger partial charge < -0.3 is 10.2 Å². The van der Waals surface area contributed by atoms with E-state index in [0.29, 0.717) is 18.8 Å². The lowest BCUT2D eigenvalue weighted by molar-refractivity contribution is -0.121. The standard InChI is InChI=1S/C26H33N3O4S2/c1-17-12-18(2)26(19(3)13-17)27-24(30)16-29-22-15-21(35(32,33)28-10-6-5-7-11-28)8-9-23(22)34-20(4)14-25(29)31/h8-9,12-13,15,20H,5-7,10-11,14,16H2,1-4H3,(H,27,30)/t20-/m1/s1. The second-order valence-corrected chi connectivity index (χ2v) is 12.9. The lowest BCUT2D eigenvalue weighted by Gasteiger charge is -2.27. The summed E-state index contributed by atoms with van der Waals surface area (Å²) in [5.74, 6) is -0.507. The summed E-state index contributed by atoms with van der Waals surface area (Å²) < 4.78 is 28.1. The normalized spacial score (nSPS) is 19.3. The first-order chi connectivity index (χ1) is 16.6. The highest BCUT2D eigenvalue weighted by Gasteiger charge is 2.32. The number of carbonyl (C=O) groups excluding carboxylic acids is 2. The van der Waals surface area contributed by atoms with Crippen LogP contribution < -0.4 is 10.2 Å². The zero-order chi connectivity index (χ0) is 25.3. The van der Waals surface area contributed by atoms with E-state index >= 15 is 0 Å². The fourth-order valence-corrected chi connectivity index (χ4v) is 7.48. The number of sulfonamides is 1. The molecule has 2 aliphatic heterocycles. The van der Waals surface area contributed by atoms with Gasteiger partial charge in [0.05, 0.1) is 10.6 Å². The predicted molar refractivity (Wildman–Crippen MR) is 141 cm³/mol. The summed E-state index contributed by atoms with van der Waals surface area (Å²) in [6, 6.07) is 8.97. The molecule has 0 unspecified atom stereocenters. The first-order valence-electron chi connectivity index (χ1n) is 12.0. The largest absolute Gasteiger partial charge is 0.324 e. The highest BCUT2D eigenvalue weighted by atomic mass is 32.2. The molecule has 0 saturated carbocycles. The van der Waals surface area contributed by atoms with Crippen LogP contribution in [0.2, 0.25) is 0 Å². The number of thioether (sulfide) groups is 1. The quantitative estimate of drug-likeness (QED) is 0.627. The van der Waals surface area contributed by atoms with E-state index in [1.807, 2.05) is 39.8 Å². The summed E-state index contributed by atoms with van der Waals surface area (Å²) in [5, 5.41) is 2.98. The van der Waals surface area contributed by atoms with Crippen LogP contribution in [0.15, 0.2) is 40.1 Å². The van der Waals surface area contributed by atoms with Crippen LogP contribution in [0, 0.1) is 20.8 Å². The van der Waals surface area contributed by atoms with Gasteiger partial charge in [-0.3, -0.25) is 9.59 Å². The molecule has 4 rings (SSSR count). The van der Waals surface area contributed by atoms with E-state index in [-0.39, 0.29) is 34.9 Å². The summed E-state index contributed by atoms with van der Waals surface area (Å²) >= 11 is 1.53. The maximum absolute atomic E-state index is 13.3. The number of carbonyl (C=O) groups is 2. The number of benzene rings is 2. The smallest absolute Gasteiger partial charge is 0.244 e. The van der Waals surface area contributed by atoms with Crippen LogP contribution in [0.4, 0.5) is 11.4 Å². The number of aryl methyl sites for hydroxylation is 3. The van der Waals surface area contributed by atoms with Crippen molar-refractivity contribution in [1.82, 2.24) is 4.31 Å². The molecule has 0 bridgehead atoms. The zero-order valence-electron chi connectivity index (χ0n) is 20.8. The van der Waals surface area contributed by atoms with Crippen molar-refractivity contribution in [1.29, 1.82) is 0 Å². The third kappa shape index (κ3) is 5.57. The Balaban J connectivity index is 1.66. The SMILES string of the molecule is Cc1cc(C)c(NC(=O)CN2C(=O)C[C@@H](C)Sc3ccc(S(=O)(=O)N4CCCCC4)cc32)c(C)c1. The number of amides is 2. The van der Waals surface area contributed by atoms with Gasteiger partial charge in [0.1, 0.15) is 6.54 Å². The molecule has 0 spiro atoms. The fourth-order valence-electron chi connectivity index (χ4n) is 4.84. The van der Waals surface area contributed by atoms with Crippen molar-refractivity contribution in [2.45, 2.75) is 68.4 Å². The third-order valence-corrected chi connectivity index (χ3v) is 9.57. The fraction of sp³-hybridized carbons (Fsp3) is 0.462. The molecular formula is C26H33N3O4S2. The molecule has 0 aliphatic carbocycles. The Morgan fingerprint density at radius 2 is 1.71 bits per heavy atom. The molecule has 2 amide bonds. The van der Waals surface area contributed by atoms with Crippen LogP contribution in [0.1, 0.15) is 49.3 Å². The highest BCUT2D eigenvalue weighted by molar-refractivity contribution is 8.00. The van der Waals surface area contributed by atoms with E-state index in [1.165, 1.54) is 21.0 Å². The molecule has 1 saturated heterocycles. The molecule has 1 N–H and O–H groups in total. The molecule has 1 atom stereocenters. The van der Waals surface area contributed by atoms with Crippen LogP contribution in [0.3, 0.4) is 0 Å². The van der Waals surface area contributed by atoms with Gasteiger partial charge in [-0.15, -0.1) is 11.8 Å². The number of fused-ring (bicyclic) bond motifs is 1. The number of hydrogen-bond acceptors (Lipinski definition) is 5. The van der Waals surface area contributed by atoms with Crippen molar-refractivity contribution < 1.29 is 18.0 Å². The van der Waals surface area contributed by atoms with Crippen LogP contribution in [-0.4, -0.2) is 49.4 Å². The van der Waals surface area contributed by atoms with Crippen molar-refractivity contribution in [2.24, 2.45) is 0 Å². The Labute approximate surface area is 212 Å². The number of anilines is 2. The lowest BCUT2D eigenvalue weighted by atomic mass is 10.1. The Morgan fingerprint density at radius 1 is 1.06 bits per heavy atom. The van der Waals surface area contributed by atoms with E-state index in [4.69, 9.17) is 0 Å². The van der Waals surface area contributed by atoms with Gasteiger partial charge in [-0.2, -0.15) is 4.31 Å². The van der Waals surface area contributed by atoms with Gasteiger partial charge in [0.25, 0.3) is 0 Å². The van der Waals surface area contributed by atoms with Gasteiger partial charge >= 0.3 is 0 Å². The zero-order valence-corrected chi connectivity index (χ0v) is 22.4. The number of nitrogens with one attached hydrogen (secondary N) is 1. The number of nitrogens with zero attached hydrogens (tertiary/aromatic N) is 2. The first-order valence-corrected chi connectivity index (χ1v) is 14.4. The molecule has 2 aromatic rings. The van der Waals surface area contributed by atoms with Crippen LogP contribution in [0.25, 0.3) is 0 Å². The van der Waals surface area contributed by atoms with Crippen molar-refractivity contribution in [3.05, 3.63) is 47.0 Å². The van der Waals surface area contributed by atoms with Gasteiger partial charge in [-0.25, -0.2) is 8.42 Å². The van der Waals surface area contributed by atoms with Crippen molar-refractivity contribution in [3.8, 4) is 0 Å². The van der Waals surface area contributed by atoms with Crippen molar-refractivity contribution >= 4 is 45.0 Å². The minimum absolute atomic E-state index is 0.0143. The monoisotopic (exact) mass is 515 g/mol. The Morgan fingerprint density at radius 3 is 2.37 bits per heavy atom. The van der Waals surface area contributed by atoms with Gasteiger partial charge in [-0.1, -0.05) is 31.0 Å². The first kappa shape index (κ1) is 25.7. The summed E-state index contributed by atoms with van der Waals surface area (Å²) in [6.07, 6.45) is 2.99. The molecule has 1 fully saturated rings. The maximum Gasteiger partial charge on any atom is 0.244 e. The van der Waals surface area contributed by atoms with Crippen LogP contribution >= 0.6 is 11.8 Å². The molecule has 7 nitrogen and oxygen atoms in total. The highest BCUT2D eigenvalue weighted by Crippen LogP contribution is 2.40. The second kappa shape index (κ2) is 10.3. The molecule has 2 heterocycles. The van der Waals surface area contributed by atoms with Gasteiger partial charge in [-0.05, 0) is 62.9 Å². The number of hydrogen-bond donors (Lipinski definition) is 1. The maximum atomic E-state index is 13.3. The topological polar surface area (TPSA) is 86.8 Å². The molecule has 0 aromatic heterocycles. The Hall–Kier alpha value is -2.36. The van der Waals surface area contributed by atoms with E-state index in [0.717, 1.165) is 46.5 Å². The Bertz CT molecular complexity index is 1230. The average molecular weight is 516 g/mol. The van der Waals surface area contributed by atoms with Gasteiger partial charge in [0.15, 0.2) is 0 Å². The number of rotatable bonds is 5. The molecule has 0 radical (unpaired) electrons. The lowest BCUT2D eigenvalue weighted by Crippen LogP contribution is -2.39. The second-order valence-electron chi connectivity index (χ2n) is 9.53. The van der Waals surface area contributed by atoms with Crippen LogP contribution in [-0.2, 0) is 19.6 Å². The van der Waals surface area contributed by atoms with E-state index < -0.39 is 10.0 Å². The molecule has 188 valence electrons. The summed E-state index contributed by atoms with van der Waals surface area (Å²) in [6.45, 7) is 8.69. The molecule has 9 heteroatoms. The Kier molecular flexibility index (Phi) is 7.59. The average Bonchev–Trinajstić information content (AvgIpc) is 2.91. The summed E-state index contributed by atoms with van der Waals surface area (Å²) in [5.41, 5.74) is 4.25. The van der Waals surface area contributed by atoms with E-state index in [9.17, 15) is 18.0 Å². The predicted octanol–water partition coefficient (Wildman–Crippen LogP) is 4.64. The van der Waals surface area contributed by atoms with E-state index in [1.54, 1.807) is 18.2 Å². The molecule has 2 aromatic carbocycles. The number of piperidine rings is 1. The van der Waals surface area contributed by atoms with Gasteiger partial charge in [0, 0.05) is 35.3 Å². The minimum atomic E-state index is -3.67. The summed E-state index contributed by atoms with van der Waals surface area (Å²) in [4.78, 5) is 28.7.